The van der Waals surface area contributed by atoms with Crippen molar-refractivity contribution in [3.63, 3.8) is 0 Å². The van der Waals surface area contributed by atoms with Crippen LogP contribution in [0.1, 0.15) is 39.5 Å². The second-order valence-corrected chi connectivity index (χ2v) is 6.03. The van der Waals surface area contributed by atoms with Crippen LogP contribution in [0, 0.1) is 0 Å². The minimum atomic E-state index is 0.0891. The van der Waals surface area contributed by atoms with Crippen molar-refractivity contribution in [1.82, 2.24) is 14.0 Å². The van der Waals surface area contributed by atoms with Gasteiger partial charge in [0.05, 0.1) is 11.0 Å². The second kappa shape index (κ2) is 8.18. The number of hydrogen-bond donors (Lipinski definition) is 0. The van der Waals surface area contributed by atoms with Gasteiger partial charge in [0.25, 0.3) is 0 Å². The number of unbranched alkanes of at least 4 members (excludes halogenated alkanes) is 2. The van der Waals surface area contributed by atoms with E-state index in [1.807, 2.05) is 35.9 Å². The van der Waals surface area contributed by atoms with Gasteiger partial charge in [0.1, 0.15) is 0 Å². The largest absolute Gasteiger partial charge is 0.328 e. The first-order chi connectivity index (χ1) is 10.7. The van der Waals surface area contributed by atoms with E-state index in [-0.39, 0.29) is 5.69 Å². The molecule has 1 heterocycles. The molecule has 0 saturated heterocycles. The van der Waals surface area contributed by atoms with Crippen molar-refractivity contribution >= 4 is 11.0 Å². The van der Waals surface area contributed by atoms with E-state index in [0.29, 0.717) is 0 Å². The average molecular weight is 303 g/mol. The lowest BCUT2D eigenvalue weighted by Gasteiger charge is -2.21. The number of aryl methyl sites for hydroxylation is 1. The molecule has 0 unspecified atom stereocenters. The fourth-order valence-electron chi connectivity index (χ4n) is 3.06. The van der Waals surface area contributed by atoms with Gasteiger partial charge < -0.3 is 4.90 Å². The molecular weight excluding hydrogens is 274 g/mol. The topological polar surface area (TPSA) is 30.2 Å². The first kappa shape index (κ1) is 16.8. The number of aromatic nitrogens is 2. The summed E-state index contributed by atoms with van der Waals surface area (Å²) in [6, 6.07) is 8.04. The van der Waals surface area contributed by atoms with Crippen LogP contribution in [0.3, 0.4) is 0 Å². The number of nitrogens with zero attached hydrogens (tertiary/aromatic N) is 3. The summed E-state index contributed by atoms with van der Waals surface area (Å²) in [5.41, 5.74) is 2.15. The normalized spacial score (nSPS) is 11.6. The molecule has 0 spiro atoms. The van der Waals surface area contributed by atoms with Crippen molar-refractivity contribution in [2.75, 3.05) is 19.6 Å². The van der Waals surface area contributed by atoms with Crippen LogP contribution in [-0.4, -0.2) is 33.7 Å². The molecule has 4 heteroatoms. The van der Waals surface area contributed by atoms with Gasteiger partial charge in [-0.2, -0.15) is 0 Å². The van der Waals surface area contributed by atoms with Gasteiger partial charge in [-0.25, -0.2) is 4.79 Å². The minimum Gasteiger partial charge on any atom is -0.302 e. The number of rotatable bonds is 9. The van der Waals surface area contributed by atoms with E-state index in [0.717, 1.165) is 43.6 Å². The van der Waals surface area contributed by atoms with Crippen LogP contribution in [-0.2, 0) is 13.6 Å². The standard InChI is InChI=1S/C18H29N3O/c1-4-6-9-13-20(12-5-2)14-15-21-17-11-8-7-10-16(17)19(3)18(21)22/h7-8,10-11H,4-6,9,12-15H2,1-3H3. The van der Waals surface area contributed by atoms with E-state index in [1.54, 1.807) is 4.57 Å². The highest BCUT2D eigenvalue weighted by Crippen LogP contribution is 2.11. The summed E-state index contributed by atoms with van der Waals surface area (Å²) in [7, 11) is 1.85. The number of imidazole rings is 1. The van der Waals surface area contributed by atoms with Crippen LogP contribution in [0.15, 0.2) is 29.1 Å². The third-order valence-electron chi connectivity index (χ3n) is 4.31. The quantitative estimate of drug-likeness (QED) is 0.666. The highest BCUT2D eigenvalue weighted by atomic mass is 16.1. The van der Waals surface area contributed by atoms with Gasteiger partial charge in [0.2, 0.25) is 0 Å². The van der Waals surface area contributed by atoms with E-state index >= 15 is 0 Å². The zero-order valence-corrected chi connectivity index (χ0v) is 14.2. The summed E-state index contributed by atoms with van der Waals surface area (Å²) in [6.45, 7) is 8.43. The zero-order valence-electron chi connectivity index (χ0n) is 14.2. The molecule has 0 atom stereocenters. The first-order valence-corrected chi connectivity index (χ1v) is 8.55. The first-order valence-electron chi connectivity index (χ1n) is 8.55. The fraction of sp³-hybridized carbons (Fsp3) is 0.611. The van der Waals surface area contributed by atoms with E-state index < -0.39 is 0 Å². The Morgan fingerprint density at radius 1 is 0.955 bits per heavy atom. The van der Waals surface area contributed by atoms with Gasteiger partial charge in [-0.15, -0.1) is 0 Å². The molecule has 4 nitrogen and oxygen atoms in total. The molecule has 2 rings (SSSR count). The van der Waals surface area contributed by atoms with Crippen molar-refractivity contribution in [3.05, 3.63) is 34.7 Å². The van der Waals surface area contributed by atoms with E-state index in [9.17, 15) is 4.79 Å². The Labute approximate surface area is 133 Å². The molecule has 0 aliphatic rings. The number of fused-ring (bicyclic) bond motifs is 1. The maximum absolute atomic E-state index is 12.4. The highest BCUT2D eigenvalue weighted by molar-refractivity contribution is 5.75. The molecule has 122 valence electrons. The average Bonchev–Trinajstić information content (AvgIpc) is 2.77. The molecule has 1 aromatic heterocycles. The summed E-state index contributed by atoms with van der Waals surface area (Å²) in [5, 5.41) is 0. The Balaban J connectivity index is 2.09. The Bertz CT molecular complexity index is 641. The summed E-state index contributed by atoms with van der Waals surface area (Å²) in [6.07, 6.45) is 4.95. The van der Waals surface area contributed by atoms with Crippen LogP contribution in [0.5, 0.6) is 0 Å². The zero-order chi connectivity index (χ0) is 15.9. The second-order valence-electron chi connectivity index (χ2n) is 6.03. The van der Waals surface area contributed by atoms with Crippen LogP contribution >= 0.6 is 0 Å². The van der Waals surface area contributed by atoms with Crippen molar-refractivity contribution in [2.24, 2.45) is 7.05 Å². The monoisotopic (exact) mass is 303 g/mol. The molecule has 2 aromatic rings. The predicted octanol–water partition coefficient (Wildman–Crippen LogP) is 3.24. The molecule has 1 aromatic carbocycles. The molecule has 0 N–H and O–H groups in total. The van der Waals surface area contributed by atoms with Gasteiger partial charge in [-0.05, 0) is 38.1 Å². The van der Waals surface area contributed by atoms with E-state index in [1.165, 1.54) is 19.3 Å². The lowest BCUT2D eigenvalue weighted by Crippen LogP contribution is -2.32. The molecule has 0 aliphatic carbocycles. The SMILES string of the molecule is CCCCCN(CCC)CCn1c(=O)n(C)c2ccccc21. The van der Waals surface area contributed by atoms with Crippen LogP contribution in [0.2, 0.25) is 0 Å². The minimum absolute atomic E-state index is 0.0891. The van der Waals surface area contributed by atoms with Crippen LogP contribution in [0.4, 0.5) is 0 Å². The molecule has 22 heavy (non-hydrogen) atoms. The smallest absolute Gasteiger partial charge is 0.302 e. The van der Waals surface area contributed by atoms with Crippen molar-refractivity contribution in [1.29, 1.82) is 0 Å². The maximum atomic E-state index is 12.4. The molecular formula is C18H29N3O. The third kappa shape index (κ3) is 3.80. The Morgan fingerprint density at radius 2 is 1.68 bits per heavy atom. The van der Waals surface area contributed by atoms with Gasteiger partial charge in [0.15, 0.2) is 0 Å². The van der Waals surface area contributed by atoms with E-state index in [2.05, 4.69) is 18.7 Å². The lowest BCUT2D eigenvalue weighted by molar-refractivity contribution is 0.257. The lowest BCUT2D eigenvalue weighted by atomic mass is 10.2. The Morgan fingerprint density at radius 3 is 2.36 bits per heavy atom. The molecule has 0 fully saturated rings. The molecule has 0 amide bonds. The number of hydrogen-bond acceptors (Lipinski definition) is 2. The molecule has 0 aliphatic heterocycles. The van der Waals surface area contributed by atoms with Crippen molar-refractivity contribution in [3.8, 4) is 0 Å². The molecule has 0 bridgehead atoms. The Kier molecular flexibility index (Phi) is 6.25. The van der Waals surface area contributed by atoms with Crippen molar-refractivity contribution in [2.45, 2.75) is 46.1 Å². The molecule has 0 radical (unpaired) electrons. The fourth-order valence-corrected chi connectivity index (χ4v) is 3.06. The predicted molar refractivity (Wildman–Crippen MR) is 93.4 cm³/mol. The van der Waals surface area contributed by atoms with E-state index in [4.69, 9.17) is 0 Å². The van der Waals surface area contributed by atoms with Gasteiger partial charge in [-0.1, -0.05) is 38.8 Å². The molecule has 0 saturated carbocycles. The maximum Gasteiger partial charge on any atom is 0.328 e. The van der Waals surface area contributed by atoms with Gasteiger partial charge >= 0.3 is 5.69 Å². The summed E-state index contributed by atoms with van der Waals surface area (Å²) >= 11 is 0. The highest BCUT2D eigenvalue weighted by Gasteiger charge is 2.11. The van der Waals surface area contributed by atoms with Crippen molar-refractivity contribution < 1.29 is 0 Å². The van der Waals surface area contributed by atoms with Gasteiger partial charge in [0, 0.05) is 20.1 Å². The summed E-state index contributed by atoms with van der Waals surface area (Å²) in [5.74, 6) is 0. The third-order valence-corrected chi connectivity index (χ3v) is 4.31. The Hall–Kier alpha value is -1.55. The number of benzene rings is 1. The van der Waals surface area contributed by atoms with Crippen LogP contribution in [0.25, 0.3) is 11.0 Å². The summed E-state index contributed by atoms with van der Waals surface area (Å²) < 4.78 is 3.66. The van der Waals surface area contributed by atoms with Crippen LogP contribution < -0.4 is 5.69 Å². The summed E-state index contributed by atoms with van der Waals surface area (Å²) in [4.78, 5) is 14.9. The number of para-hydroxylation sites is 2. The van der Waals surface area contributed by atoms with Gasteiger partial charge in [-0.3, -0.25) is 9.13 Å².